The molecule has 1 heterocycles. The zero-order valence-electron chi connectivity index (χ0n) is 8.66. The molecule has 1 aliphatic heterocycles. The molecule has 3 heteroatoms. The van der Waals surface area contributed by atoms with E-state index in [4.69, 9.17) is 5.26 Å². The van der Waals surface area contributed by atoms with E-state index in [1.807, 2.05) is 0 Å². The van der Waals surface area contributed by atoms with Crippen molar-refractivity contribution >= 4 is 0 Å². The van der Waals surface area contributed by atoms with Crippen molar-refractivity contribution in [2.45, 2.75) is 25.3 Å². The van der Waals surface area contributed by atoms with Crippen LogP contribution in [0.15, 0.2) is 0 Å². The van der Waals surface area contributed by atoms with Crippen molar-refractivity contribution in [1.29, 1.82) is 5.26 Å². The van der Waals surface area contributed by atoms with Gasteiger partial charge in [-0.15, -0.1) is 0 Å². The normalized spacial score (nSPS) is 24.6. The van der Waals surface area contributed by atoms with Crippen LogP contribution in [0, 0.1) is 11.3 Å². The topological polar surface area (TPSA) is 30.3 Å². The van der Waals surface area contributed by atoms with Gasteiger partial charge in [0.2, 0.25) is 0 Å². The first-order chi connectivity index (χ1) is 6.24. The lowest BCUT2D eigenvalue weighted by atomic mass is 10.1. The van der Waals surface area contributed by atoms with Gasteiger partial charge < -0.3 is 9.80 Å². The van der Waals surface area contributed by atoms with Crippen LogP contribution in [-0.2, 0) is 0 Å². The smallest absolute Gasteiger partial charge is 0.0635 e. The number of hydrogen-bond acceptors (Lipinski definition) is 3. The van der Waals surface area contributed by atoms with Crippen LogP contribution in [0.4, 0.5) is 0 Å². The van der Waals surface area contributed by atoms with Gasteiger partial charge in [-0.3, -0.25) is 0 Å². The van der Waals surface area contributed by atoms with Crippen LogP contribution in [-0.4, -0.2) is 49.6 Å². The number of hydrogen-bond donors (Lipinski definition) is 0. The van der Waals surface area contributed by atoms with Crippen LogP contribution in [0.2, 0.25) is 0 Å². The molecule has 1 aliphatic rings. The lowest BCUT2D eigenvalue weighted by molar-refractivity contribution is 0.136. The average molecular weight is 181 g/mol. The maximum atomic E-state index is 8.48. The summed E-state index contributed by atoms with van der Waals surface area (Å²) >= 11 is 0. The predicted octanol–water partition coefficient (Wildman–Crippen LogP) is 0.926. The second-order valence-electron chi connectivity index (χ2n) is 3.95. The van der Waals surface area contributed by atoms with Crippen molar-refractivity contribution in [2.75, 3.05) is 33.7 Å². The highest BCUT2D eigenvalue weighted by molar-refractivity contribution is 4.80. The molecule has 1 saturated heterocycles. The Morgan fingerprint density at radius 1 is 1.62 bits per heavy atom. The van der Waals surface area contributed by atoms with Crippen LogP contribution in [0.25, 0.3) is 0 Å². The third-order valence-electron chi connectivity index (χ3n) is 2.80. The molecule has 3 nitrogen and oxygen atoms in total. The number of piperidine rings is 1. The molecule has 0 radical (unpaired) electrons. The van der Waals surface area contributed by atoms with Gasteiger partial charge in [0.15, 0.2) is 0 Å². The first kappa shape index (κ1) is 10.5. The molecular weight excluding hydrogens is 162 g/mol. The average Bonchev–Trinajstić information content (AvgIpc) is 2.14. The summed E-state index contributed by atoms with van der Waals surface area (Å²) in [6.45, 7) is 3.29. The van der Waals surface area contributed by atoms with E-state index < -0.39 is 0 Å². The van der Waals surface area contributed by atoms with Crippen LogP contribution < -0.4 is 0 Å². The van der Waals surface area contributed by atoms with Gasteiger partial charge in [0, 0.05) is 25.6 Å². The Bertz CT molecular complexity index is 185. The Morgan fingerprint density at radius 3 is 3.00 bits per heavy atom. The summed E-state index contributed by atoms with van der Waals surface area (Å²) in [5.74, 6) is 0. The van der Waals surface area contributed by atoms with E-state index in [0.717, 1.165) is 13.1 Å². The molecule has 13 heavy (non-hydrogen) atoms. The lowest BCUT2D eigenvalue weighted by Gasteiger charge is -2.35. The summed E-state index contributed by atoms with van der Waals surface area (Å²) < 4.78 is 0. The minimum absolute atomic E-state index is 0.650. The quantitative estimate of drug-likeness (QED) is 0.649. The van der Waals surface area contributed by atoms with Crippen molar-refractivity contribution < 1.29 is 0 Å². The zero-order chi connectivity index (χ0) is 9.68. The van der Waals surface area contributed by atoms with Gasteiger partial charge in [0.25, 0.3) is 0 Å². The van der Waals surface area contributed by atoms with Crippen LogP contribution in [0.3, 0.4) is 0 Å². The second kappa shape index (κ2) is 5.21. The highest BCUT2D eigenvalue weighted by Crippen LogP contribution is 2.13. The Hall–Kier alpha value is -0.590. The summed E-state index contributed by atoms with van der Waals surface area (Å²) in [6.07, 6.45) is 3.22. The molecular formula is C10H19N3. The van der Waals surface area contributed by atoms with Gasteiger partial charge in [-0.1, -0.05) is 0 Å². The highest BCUT2D eigenvalue weighted by Gasteiger charge is 2.20. The molecule has 1 fully saturated rings. The molecule has 0 N–H and O–H groups in total. The Labute approximate surface area is 80.9 Å². The van der Waals surface area contributed by atoms with Crippen LogP contribution >= 0.6 is 0 Å². The molecule has 1 atom stereocenters. The van der Waals surface area contributed by atoms with E-state index in [-0.39, 0.29) is 0 Å². The van der Waals surface area contributed by atoms with Gasteiger partial charge in [0.05, 0.1) is 6.07 Å². The second-order valence-corrected chi connectivity index (χ2v) is 3.95. The summed E-state index contributed by atoms with van der Waals surface area (Å²) in [5, 5.41) is 8.48. The third-order valence-corrected chi connectivity index (χ3v) is 2.80. The van der Waals surface area contributed by atoms with Crippen molar-refractivity contribution in [1.82, 2.24) is 9.80 Å². The zero-order valence-corrected chi connectivity index (χ0v) is 8.66. The number of nitriles is 1. The maximum Gasteiger partial charge on any atom is 0.0635 e. The molecule has 1 unspecified atom stereocenters. The van der Waals surface area contributed by atoms with Gasteiger partial charge >= 0.3 is 0 Å². The summed E-state index contributed by atoms with van der Waals surface area (Å²) in [5.41, 5.74) is 0. The van der Waals surface area contributed by atoms with Crippen molar-refractivity contribution in [3.05, 3.63) is 0 Å². The standard InChI is InChI=1S/C10H19N3/c1-12-7-3-5-10(9-12)13(2)8-4-6-11/h10H,3-5,7-9H2,1-2H3. The van der Waals surface area contributed by atoms with Crippen molar-refractivity contribution in [3.8, 4) is 6.07 Å². The van der Waals surface area contributed by atoms with Crippen LogP contribution in [0.1, 0.15) is 19.3 Å². The Kier molecular flexibility index (Phi) is 4.20. The molecule has 0 aromatic heterocycles. The molecule has 1 rings (SSSR count). The number of likely N-dealkylation sites (N-methyl/N-ethyl adjacent to an activating group) is 2. The van der Waals surface area contributed by atoms with Gasteiger partial charge in [0.1, 0.15) is 0 Å². The van der Waals surface area contributed by atoms with E-state index in [2.05, 4.69) is 30.0 Å². The minimum Gasteiger partial charge on any atom is -0.305 e. The number of nitrogens with zero attached hydrogens (tertiary/aromatic N) is 3. The Balaban J connectivity index is 2.29. The van der Waals surface area contributed by atoms with E-state index in [1.165, 1.54) is 19.4 Å². The molecule has 0 aromatic carbocycles. The van der Waals surface area contributed by atoms with Crippen LogP contribution in [0.5, 0.6) is 0 Å². The van der Waals surface area contributed by atoms with Gasteiger partial charge in [-0.2, -0.15) is 5.26 Å². The Morgan fingerprint density at radius 2 is 2.38 bits per heavy atom. The molecule has 0 spiro atoms. The largest absolute Gasteiger partial charge is 0.305 e. The third kappa shape index (κ3) is 3.33. The van der Waals surface area contributed by atoms with Crippen molar-refractivity contribution in [2.24, 2.45) is 0 Å². The fraction of sp³-hybridized carbons (Fsp3) is 0.900. The predicted molar refractivity (Wildman–Crippen MR) is 53.4 cm³/mol. The number of likely N-dealkylation sites (tertiary alicyclic amines) is 1. The minimum atomic E-state index is 0.650. The summed E-state index contributed by atoms with van der Waals surface area (Å²) in [4.78, 5) is 4.69. The monoisotopic (exact) mass is 181 g/mol. The number of rotatable bonds is 3. The van der Waals surface area contributed by atoms with E-state index in [1.54, 1.807) is 0 Å². The first-order valence-corrected chi connectivity index (χ1v) is 4.99. The lowest BCUT2D eigenvalue weighted by Crippen LogP contribution is -2.45. The summed E-state index contributed by atoms with van der Waals surface area (Å²) in [7, 11) is 4.30. The van der Waals surface area contributed by atoms with Gasteiger partial charge in [-0.05, 0) is 33.5 Å². The molecule has 0 aliphatic carbocycles. The van der Waals surface area contributed by atoms with Crippen molar-refractivity contribution in [3.63, 3.8) is 0 Å². The summed E-state index contributed by atoms with van der Waals surface area (Å²) in [6, 6.07) is 2.85. The highest BCUT2D eigenvalue weighted by atomic mass is 15.2. The van der Waals surface area contributed by atoms with E-state index in [0.29, 0.717) is 12.5 Å². The van der Waals surface area contributed by atoms with E-state index >= 15 is 0 Å². The molecule has 0 saturated carbocycles. The first-order valence-electron chi connectivity index (χ1n) is 4.99. The maximum absolute atomic E-state index is 8.48. The molecule has 0 amide bonds. The van der Waals surface area contributed by atoms with Gasteiger partial charge in [-0.25, -0.2) is 0 Å². The molecule has 74 valence electrons. The van der Waals surface area contributed by atoms with E-state index in [9.17, 15) is 0 Å². The fourth-order valence-electron chi connectivity index (χ4n) is 1.91. The molecule has 0 bridgehead atoms. The molecule has 0 aromatic rings. The fourth-order valence-corrected chi connectivity index (χ4v) is 1.91. The SMILES string of the molecule is CN1CCCC(N(C)CCC#N)C1.